The van der Waals surface area contributed by atoms with Gasteiger partial charge < -0.3 is 39.9 Å². The lowest BCUT2D eigenvalue weighted by molar-refractivity contribution is -0.306. The van der Waals surface area contributed by atoms with E-state index >= 15 is 0 Å². The van der Waals surface area contributed by atoms with Crippen LogP contribution < -0.4 is 21.4 Å². The van der Waals surface area contributed by atoms with Gasteiger partial charge in [-0.1, -0.05) is 0 Å². The van der Waals surface area contributed by atoms with Crippen LogP contribution >= 0.6 is 0 Å². The van der Waals surface area contributed by atoms with E-state index < -0.39 is 41.7 Å². The average Bonchev–Trinajstić information content (AvgIpc) is 2.80. The van der Waals surface area contributed by atoms with Crippen molar-refractivity contribution < 1.29 is 33.6 Å². The lowest BCUT2D eigenvalue weighted by Crippen LogP contribution is -2.63. The Labute approximate surface area is 201 Å². The first-order valence-corrected chi connectivity index (χ1v) is 11.0. The molecule has 3 aromatic rings. The van der Waals surface area contributed by atoms with E-state index in [9.17, 15) is 19.8 Å². The number of nitrogens with two attached hydrogens (primary N) is 1. The van der Waals surface area contributed by atoms with Crippen molar-refractivity contribution in [3.8, 4) is 5.75 Å². The molecule has 4 rings (SSSR count). The average molecular weight is 485 g/mol. The van der Waals surface area contributed by atoms with Crippen LogP contribution in [0.3, 0.4) is 0 Å². The fourth-order valence-corrected chi connectivity index (χ4v) is 4.18. The van der Waals surface area contributed by atoms with Crippen molar-refractivity contribution in [3.63, 3.8) is 0 Å². The number of hydrogen-bond donors (Lipinski definition) is 4. The summed E-state index contributed by atoms with van der Waals surface area (Å²) in [6, 6.07) is 11.1. The molecule has 0 saturated carbocycles. The van der Waals surface area contributed by atoms with E-state index in [4.69, 9.17) is 24.4 Å². The maximum atomic E-state index is 12.6. The number of amides is 1. The van der Waals surface area contributed by atoms with Crippen molar-refractivity contribution in [2.75, 3.05) is 18.2 Å². The van der Waals surface area contributed by atoms with Gasteiger partial charge in [-0.15, -0.1) is 0 Å². The van der Waals surface area contributed by atoms with Crippen LogP contribution in [-0.4, -0.2) is 53.4 Å². The van der Waals surface area contributed by atoms with Crippen LogP contribution in [0, 0.1) is 6.92 Å². The number of rotatable bonds is 5. The monoisotopic (exact) mass is 484 g/mol. The summed E-state index contributed by atoms with van der Waals surface area (Å²) in [5.74, 6) is -0.186. The first kappa shape index (κ1) is 24.7. The number of aliphatic hydroxyl groups is 2. The number of anilines is 2. The lowest BCUT2D eigenvalue weighted by Gasteiger charge is -2.46. The van der Waals surface area contributed by atoms with E-state index in [0.717, 1.165) is 0 Å². The summed E-state index contributed by atoms with van der Waals surface area (Å²) in [7, 11) is 1.43. The largest absolute Gasteiger partial charge is 0.462 e. The number of benzene rings is 2. The van der Waals surface area contributed by atoms with Crippen molar-refractivity contribution >= 4 is 28.3 Å². The fourth-order valence-electron chi connectivity index (χ4n) is 4.18. The second-order valence-electron chi connectivity index (χ2n) is 8.98. The molecule has 1 aliphatic heterocycles. The highest BCUT2D eigenvalue weighted by atomic mass is 16.7. The first-order chi connectivity index (χ1) is 16.5. The molecule has 0 radical (unpaired) electrons. The van der Waals surface area contributed by atoms with E-state index in [1.165, 1.54) is 13.2 Å². The zero-order valence-electron chi connectivity index (χ0n) is 19.8. The molecule has 5 N–H and O–H groups in total. The van der Waals surface area contributed by atoms with Crippen LogP contribution in [0.5, 0.6) is 5.75 Å². The Kier molecular flexibility index (Phi) is 6.56. The van der Waals surface area contributed by atoms with Gasteiger partial charge in [0, 0.05) is 29.3 Å². The standard InChI is InChI=1S/C25H28N2O8/c1-12-17(33-24-19(29)18(28)21(32-4)25(2,3)35-24)10-7-14-11-16(23(31)34-20(12)14)27-22(30)13-5-8-15(26)9-6-13/h5-11,18-19,21,24,28-29H,26H2,1-4H3,(H,27,30). The Hall–Kier alpha value is -3.44. The zero-order valence-corrected chi connectivity index (χ0v) is 19.8. The van der Waals surface area contributed by atoms with Gasteiger partial charge in [-0.2, -0.15) is 0 Å². The molecule has 1 amide bonds. The summed E-state index contributed by atoms with van der Waals surface area (Å²) >= 11 is 0. The first-order valence-electron chi connectivity index (χ1n) is 11.0. The molecule has 10 heteroatoms. The molecule has 1 fully saturated rings. The number of fused-ring (bicyclic) bond motifs is 1. The zero-order chi connectivity index (χ0) is 25.5. The van der Waals surface area contributed by atoms with Gasteiger partial charge in [0.05, 0.1) is 5.60 Å². The topological polar surface area (TPSA) is 153 Å². The Morgan fingerprint density at radius 3 is 2.46 bits per heavy atom. The molecule has 2 heterocycles. The van der Waals surface area contributed by atoms with Gasteiger partial charge >= 0.3 is 5.63 Å². The van der Waals surface area contributed by atoms with E-state index in [1.54, 1.807) is 57.2 Å². The molecule has 4 atom stereocenters. The molecule has 186 valence electrons. The van der Waals surface area contributed by atoms with E-state index in [1.807, 2.05) is 0 Å². The molecule has 1 aromatic heterocycles. The summed E-state index contributed by atoms with van der Waals surface area (Å²) in [6.07, 6.45) is -4.55. The highest BCUT2D eigenvalue weighted by Gasteiger charge is 2.50. The van der Waals surface area contributed by atoms with Crippen LogP contribution in [0.1, 0.15) is 29.8 Å². The highest BCUT2D eigenvalue weighted by Crippen LogP contribution is 2.35. The van der Waals surface area contributed by atoms with Crippen LogP contribution in [0.25, 0.3) is 11.0 Å². The molecule has 0 spiro atoms. The third-order valence-electron chi connectivity index (χ3n) is 6.06. The van der Waals surface area contributed by atoms with Crippen molar-refractivity contribution in [1.82, 2.24) is 0 Å². The summed E-state index contributed by atoms with van der Waals surface area (Å²) in [5, 5.41) is 24.1. The van der Waals surface area contributed by atoms with Gasteiger partial charge in [0.15, 0.2) is 0 Å². The van der Waals surface area contributed by atoms with Gasteiger partial charge in [-0.3, -0.25) is 4.79 Å². The molecule has 35 heavy (non-hydrogen) atoms. The van der Waals surface area contributed by atoms with Crippen LogP contribution in [-0.2, 0) is 9.47 Å². The lowest BCUT2D eigenvalue weighted by atomic mass is 9.89. The highest BCUT2D eigenvalue weighted by molar-refractivity contribution is 6.05. The smallest absolute Gasteiger partial charge is 0.360 e. The van der Waals surface area contributed by atoms with Gasteiger partial charge in [-0.25, -0.2) is 4.79 Å². The summed E-state index contributed by atoms with van der Waals surface area (Å²) in [5.41, 5.74) is 5.53. The van der Waals surface area contributed by atoms with Crippen LogP contribution in [0.2, 0.25) is 0 Å². The normalized spacial score (nSPS) is 23.7. The molecule has 10 nitrogen and oxygen atoms in total. The Morgan fingerprint density at radius 2 is 1.80 bits per heavy atom. The fraction of sp³-hybridized carbons (Fsp3) is 0.360. The minimum Gasteiger partial charge on any atom is -0.462 e. The Bertz CT molecular complexity index is 1300. The predicted molar refractivity (Wildman–Crippen MR) is 128 cm³/mol. The second-order valence-corrected chi connectivity index (χ2v) is 8.98. The molecular formula is C25H28N2O8. The number of aryl methyl sites for hydroxylation is 1. The van der Waals surface area contributed by atoms with Crippen molar-refractivity contribution in [2.45, 2.75) is 51.0 Å². The molecule has 0 aliphatic carbocycles. The third kappa shape index (κ3) is 4.73. The number of aliphatic hydroxyl groups excluding tert-OH is 2. The maximum Gasteiger partial charge on any atom is 0.360 e. The summed E-state index contributed by atoms with van der Waals surface area (Å²) < 4.78 is 22.5. The number of hydrogen-bond acceptors (Lipinski definition) is 9. The van der Waals surface area contributed by atoms with Crippen LogP contribution in [0.15, 0.2) is 51.7 Å². The summed E-state index contributed by atoms with van der Waals surface area (Å²) in [4.78, 5) is 25.1. The van der Waals surface area contributed by atoms with E-state index in [0.29, 0.717) is 28.0 Å². The number of methoxy groups -OCH3 is 1. The van der Waals surface area contributed by atoms with Gasteiger partial charge in [0.2, 0.25) is 6.29 Å². The van der Waals surface area contributed by atoms with Gasteiger partial charge in [-0.05, 0) is 63.2 Å². The number of nitrogens with one attached hydrogen (secondary N) is 1. The minimum atomic E-state index is -1.37. The second kappa shape index (κ2) is 9.31. The molecule has 1 aliphatic rings. The quantitative estimate of drug-likeness (QED) is 0.315. The summed E-state index contributed by atoms with van der Waals surface area (Å²) in [6.45, 7) is 5.13. The molecule has 4 unspecified atom stereocenters. The molecular weight excluding hydrogens is 456 g/mol. The molecule has 1 saturated heterocycles. The van der Waals surface area contributed by atoms with E-state index in [2.05, 4.69) is 5.32 Å². The van der Waals surface area contributed by atoms with Crippen molar-refractivity contribution in [1.29, 1.82) is 0 Å². The van der Waals surface area contributed by atoms with Gasteiger partial charge in [0.25, 0.3) is 5.91 Å². The SMILES string of the molecule is COC1C(O)C(O)C(Oc2ccc3cc(NC(=O)c4ccc(N)cc4)c(=O)oc3c2C)OC1(C)C. The van der Waals surface area contributed by atoms with Crippen molar-refractivity contribution in [2.24, 2.45) is 0 Å². The number of ether oxygens (including phenoxy) is 3. The minimum absolute atomic E-state index is 0.0195. The number of carbonyl (C=O) groups is 1. The molecule has 0 bridgehead atoms. The third-order valence-corrected chi connectivity index (χ3v) is 6.06. The Morgan fingerprint density at radius 1 is 1.11 bits per heavy atom. The van der Waals surface area contributed by atoms with E-state index in [-0.39, 0.29) is 11.3 Å². The number of carbonyl (C=O) groups excluding carboxylic acids is 1. The van der Waals surface area contributed by atoms with Crippen LogP contribution in [0.4, 0.5) is 11.4 Å². The predicted octanol–water partition coefficient (Wildman–Crippen LogP) is 2.19. The maximum absolute atomic E-state index is 12.6. The number of nitrogen functional groups attached to an aromatic ring is 1. The van der Waals surface area contributed by atoms with Gasteiger partial charge in [0.1, 0.15) is 35.3 Å². The Balaban J connectivity index is 1.59. The van der Waals surface area contributed by atoms with Crippen molar-refractivity contribution in [3.05, 3.63) is 64.0 Å². The molecule has 2 aromatic carbocycles.